The van der Waals surface area contributed by atoms with Gasteiger partial charge in [0.05, 0.1) is 25.1 Å². The molecule has 3 rings (SSSR count). The number of carbonyl (C=O) groups is 2. The first-order chi connectivity index (χ1) is 12.9. The lowest BCUT2D eigenvalue weighted by molar-refractivity contribution is -0.139. The van der Waals surface area contributed by atoms with Gasteiger partial charge in [0.1, 0.15) is 5.54 Å². The Morgan fingerprint density at radius 3 is 1.67 bits per heavy atom. The van der Waals surface area contributed by atoms with E-state index in [4.69, 9.17) is 14.2 Å². The molecule has 0 saturated carbocycles. The van der Waals surface area contributed by atoms with Crippen LogP contribution in [0.3, 0.4) is 0 Å². The fraction of sp³-hybridized carbons (Fsp3) is 0.238. The van der Waals surface area contributed by atoms with Crippen molar-refractivity contribution >= 4 is 19.0 Å². The minimum Gasteiger partial charge on any atom is -0.466 e. The van der Waals surface area contributed by atoms with Crippen molar-refractivity contribution in [3.8, 4) is 0 Å². The Bertz CT molecular complexity index is 919. The number of benzene rings is 2. The Kier molecular flexibility index (Phi) is 5.07. The molecule has 5 nitrogen and oxygen atoms in total. The molecule has 6 heteroatoms. The van der Waals surface area contributed by atoms with Gasteiger partial charge in [0.2, 0.25) is 0 Å². The molecule has 0 aliphatic carbocycles. The summed E-state index contributed by atoms with van der Waals surface area (Å²) in [6, 6.07) is 19.1. The summed E-state index contributed by atoms with van der Waals surface area (Å²) in [4.78, 5) is 25.7. The number of hydrogen-bond acceptors (Lipinski definition) is 5. The molecule has 27 heavy (non-hydrogen) atoms. The maximum Gasteiger partial charge on any atom is 0.340 e. The highest BCUT2D eigenvalue weighted by Gasteiger charge is 2.52. The molecule has 0 bridgehead atoms. The lowest BCUT2D eigenvalue weighted by Crippen LogP contribution is -2.32. The summed E-state index contributed by atoms with van der Waals surface area (Å²) in [6.07, 6.45) is 0. The van der Waals surface area contributed by atoms with Crippen LogP contribution >= 0.6 is 7.05 Å². The van der Waals surface area contributed by atoms with Crippen molar-refractivity contribution in [1.29, 1.82) is 0 Å². The molecular weight excluding hydrogens is 361 g/mol. The van der Waals surface area contributed by atoms with Crippen LogP contribution in [0.5, 0.6) is 0 Å². The van der Waals surface area contributed by atoms with Crippen LogP contribution < -0.4 is 0 Å². The molecule has 1 aliphatic rings. The molecule has 0 saturated heterocycles. The van der Waals surface area contributed by atoms with Gasteiger partial charge < -0.3 is 9.47 Å². The van der Waals surface area contributed by atoms with Crippen LogP contribution in [0, 0.1) is 0 Å². The molecule has 0 amide bonds. The lowest BCUT2D eigenvalue weighted by Gasteiger charge is -2.30. The second-order valence-electron chi connectivity index (χ2n) is 6.64. The molecule has 0 unspecified atom stereocenters. The maximum absolute atomic E-state index is 13.0. The third kappa shape index (κ3) is 3.02. The van der Waals surface area contributed by atoms with Gasteiger partial charge in [-0.3, -0.25) is 4.74 Å². The van der Waals surface area contributed by atoms with Gasteiger partial charge in [0, 0.05) is 7.05 Å². The SMILES string of the molecule is COC(=O)C1=C(C(=O)OC)P(C)(C)=NC1(c1ccccc1)c1ccccc1. The number of nitrogens with zero attached hydrogens (tertiary/aromatic N) is 1. The van der Waals surface area contributed by atoms with Gasteiger partial charge in [-0.15, -0.1) is 0 Å². The Labute approximate surface area is 159 Å². The van der Waals surface area contributed by atoms with Gasteiger partial charge in [-0.2, -0.15) is 0 Å². The van der Waals surface area contributed by atoms with Gasteiger partial charge in [-0.05, 0) is 24.5 Å². The smallest absolute Gasteiger partial charge is 0.340 e. The van der Waals surface area contributed by atoms with Gasteiger partial charge in [0.25, 0.3) is 0 Å². The second kappa shape index (κ2) is 7.16. The summed E-state index contributed by atoms with van der Waals surface area (Å²) in [5.41, 5.74) is 0.746. The van der Waals surface area contributed by atoms with E-state index in [0.717, 1.165) is 11.1 Å². The molecule has 0 aromatic heterocycles. The first kappa shape index (κ1) is 19.1. The third-order valence-corrected chi connectivity index (χ3v) is 7.00. The number of rotatable bonds is 4. The Morgan fingerprint density at radius 1 is 0.815 bits per heavy atom. The summed E-state index contributed by atoms with van der Waals surface area (Å²) in [5, 5.41) is 0.324. The molecule has 1 aliphatic heterocycles. The highest BCUT2D eigenvalue weighted by Crippen LogP contribution is 2.65. The first-order valence-electron chi connectivity index (χ1n) is 8.50. The van der Waals surface area contributed by atoms with E-state index in [9.17, 15) is 9.59 Å². The molecule has 0 fully saturated rings. The highest BCUT2D eigenvalue weighted by molar-refractivity contribution is 7.70. The van der Waals surface area contributed by atoms with Gasteiger partial charge in [0.15, 0.2) is 0 Å². The molecule has 140 valence electrons. The zero-order valence-electron chi connectivity index (χ0n) is 15.8. The average molecular weight is 383 g/mol. The predicted octanol–water partition coefficient (Wildman–Crippen LogP) is 4.00. The van der Waals surface area contributed by atoms with E-state index in [1.165, 1.54) is 14.2 Å². The van der Waals surface area contributed by atoms with Crippen LogP contribution in [0.25, 0.3) is 0 Å². The molecule has 0 N–H and O–H groups in total. The molecule has 1 heterocycles. The topological polar surface area (TPSA) is 65.0 Å². The van der Waals surface area contributed by atoms with E-state index in [1.54, 1.807) is 0 Å². The summed E-state index contributed by atoms with van der Waals surface area (Å²) in [7, 11) is 0.307. The first-order valence-corrected chi connectivity index (χ1v) is 11.1. The molecule has 2 aromatic rings. The van der Waals surface area contributed by atoms with Crippen molar-refractivity contribution < 1.29 is 19.1 Å². The lowest BCUT2D eigenvalue weighted by atomic mass is 9.77. The van der Waals surface area contributed by atoms with Gasteiger partial charge in [-0.25, -0.2) is 9.59 Å². The zero-order chi connectivity index (χ0) is 19.7. The largest absolute Gasteiger partial charge is 0.466 e. The Morgan fingerprint density at radius 2 is 1.26 bits per heavy atom. The van der Waals surface area contributed by atoms with Crippen molar-refractivity contribution in [3.05, 3.63) is 82.7 Å². The van der Waals surface area contributed by atoms with Crippen LogP contribution in [0.1, 0.15) is 11.1 Å². The Hall–Kier alpha value is -2.65. The third-order valence-electron chi connectivity index (χ3n) is 4.70. The van der Waals surface area contributed by atoms with Gasteiger partial charge in [-0.1, -0.05) is 60.7 Å². The summed E-state index contributed by atoms with van der Waals surface area (Å²) in [5.74, 6) is -1.11. The predicted molar refractivity (Wildman–Crippen MR) is 106 cm³/mol. The average Bonchev–Trinajstić information content (AvgIpc) is 2.96. The Balaban J connectivity index is 2.50. The fourth-order valence-corrected chi connectivity index (χ4v) is 6.14. The number of hydrogen-bond donors (Lipinski definition) is 0. The van der Waals surface area contributed by atoms with Crippen LogP contribution in [-0.4, -0.2) is 39.5 Å². The monoisotopic (exact) mass is 383 g/mol. The van der Waals surface area contributed by atoms with Crippen LogP contribution in [-0.2, 0) is 24.6 Å². The van der Waals surface area contributed by atoms with Crippen LogP contribution in [0.15, 0.2) is 76.3 Å². The maximum atomic E-state index is 13.0. The second-order valence-corrected chi connectivity index (χ2v) is 10.1. The normalized spacial score (nSPS) is 17.2. The quantitative estimate of drug-likeness (QED) is 0.591. The van der Waals surface area contributed by atoms with E-state index >= 15 is 0 Å². The minimum atomic E-state index is -2.32. The number of ether oxygens (including phenoxy) is 2. The van der Waals surface area contributed by atoms with Crippen LogP contribution in [0.2, 0.25) is 0 Å². The molecule has 0 atom stereocenters. The van der Waals surface area contributed by atoms with Crippen molar-refractivity contribution in [2.24, 2.45) is 4.74 Å². The van der Waals surface area contributed by atoms with E-state index in [2.05, 4.69) is 0 Å². The van der Waals surface area contributed by atoms with E-state index in [1.807, 2.05) is 74.0 Å². The van der Waals surface area contributed by atoms with Crippen molar-refractivity contribution in [2.45, 2.75) is 5.54 Å². The summed E-state index contributed by atoms with van der Waals surface area (Å²) >= 11 is 0. The fourth-order valence-electron chi connectivity index (χ4n) is 3.62. The number of methoxy groups -OCH3 is 2. The minimum absolute atomic E-state index is 0.243. The van der Waals surface area contributed by atoms with Crippen molar-refractivity contribution in [3.63, 3.8) is 0 Å². The molecular formula is C21H22NO4P. The number of esters is 2. The van der Waals surface area contributed by atoms with Crippen molar-refractivity contribution in [1.82, 2.24) is 0 Å². The van der Waals surface area contributed by atoms with Gasteiger partial charge >= 0.3 is 11.9 Å². The number of carbonyl (C=O) groups excluding carboxylic acids is 2. The molecule has 0 radical (unpaired) electrons. The highest BCUT2D eigenvalue weighted by atomic mass is 31.2. The molecule has 0 spiro atoms. The van der Waals surface area contributed by atoms with E-state index in [0.29, 0.717) is 5.31 Å². The summed E-state index contributed by atoms with van der Waals surface area (Å²) in [6.45, 7) is 3.83. The summed E-state index contributed by atoms with van der Waals surface area (Å²) < 4.78 is 15.3. The van der Waals surface area contributed by atoms with E-state index < -0.39 is 24.5 Å². The van der Waals surface area contributed by atoms with E-state index in [-0.39, 0.29) is 5.57 Å². The van der Waals surface area contributed by atoms with Crippen LogP contribution in [0.4, 0.5) is 0 Å². The standard InChI is InChI=1S/C21H22NO4P/c1-25-19(23)17-18(20(24)26-2)27(3,4)22-21(17,15-11-7-5-8-12-15)16-13-9-6-10-14-16/h5-14H,1-4H3. The molecule has 2 aromatic carbocycles. The van der Waals surface area contributed by atoms with Crippen molar-refractivity contribution in [2.75, 3.05) is 27.5 Å². The zero-order valence-corrected chi connectivity index (χ0v) is 16.7.